The normalized spacial score (nSPS) is 38.4. The molecule has 1 aliphatic rings. The predicted molar refractivity (Wildman–Crippen MR) is 50.6 cm³/mol. The highest BCUT2D eigenvalue weighted by Crippen LogP contribution is 2.39. The third-order valence-electron chi connectivity index (χ3n) is 1.35. The SMILES string of the molecule is CC1(I)C=CSC1C(=O)O. The minimum absolute atomic E-state index is 0.214. The maximum absolute atomic E-state index is 10.6. The van der Waals surface area contributed by atoms with Gasteiger partial charge in [0.1, 0.15) is 5.25 Å². The van der Waals surface area contributed by atoms with Crippen molar-refractivity contribution < 1.29 is 9.90 Å². The Labute approximate surface area is 77.2 Å². The quantitative estimate of drug-likeness (QED) is 0.584. The lowest BCUT2D eigenvalue weighted by atomic mass is 10.1. The van der Waals surface area contributed by atoms with Crippen molar-refractivity contribution in [3.05, 3.63) is 11.5 Å². The van der Waals surface area contributed by atoms with Crippen molar-refractivity contribution in [1.29, 1.82) is 0 Å². The molecule has 1 N–H and O–H groups in total. The lowest BCUT2D eigenvalue weighted by Crippen LogP contribution is -2.32. The number of carbonyl (C=O) groups is 1. The van der Waals surface area contributed by atoms with Crippen LogP contribution in [0, 0.1) is 0 Å². The van der Waals surface area contributed by atoms with Gasteiger partial charge in [-0.2, -0.15) is 0 Å². The van der Waals surface area contributed by atoms with E-state index in [1.54, 1.807) is 0 Å². The zero-order chi connectivity index (χ0) is 7.78. The van der Waals surface area contributed by atoms with Crippen molar-refractivity contribution >= 4 is 40.3 Å². The summed E-state index contributed by atoms with van der Waals surface area (Å²) in [6, 6.07) is 0. The Morgan fingerprint density at radius 2 is 2.50 bits per heavy atom. The Morgan fingerprint density at radius 1 is 1.90 bits per heavy atom. The van der Waals surface area contributed by atoms with E-state index < -0.39 is 5.97 Å². The van der Waals surface area contributed by atoms with Crippen LogP contribution in [0.5, 0.6) is 0 Å². The molecule has 0 radical (unpaired) electrons. The summed E-state index contributed by atoms with van der Waals surface area (Å²) in [7, 11) is 0. The molecule has 2 unspecified atom stereocenters. The van der Waals surface area contributed by atoms with Gasteiger partial charge in [-0.1, -0.05) is 28.7 Å². The third kappa shape index (κ3) is 1.47. The van der Waals surface area contributed by atoms with Gasteiger partial charge in [0, 0.05) is 0 Å². The zero-order valence-corrected chi connectivity index (χ0v) is 8.35. The summed E-state index contributed by atoms with van der Waals surface area (Å²) in [5.74, 6) is -0.730. The van der Waals surface area contributed by atoms with Crippen molar-refractivity contribution in [2.45, 2.75) is 15.6 Å². The van der Waals surface area contributed by atoms with Gasteiger partial charge in [0.25, 0.3) is 0 Å². The summed E-state index contributed by atoms with van der Waals surface area (Å²) in [5, 5.41) is 10.2. The number of allylic oxidation sites excluding steroid dienone is 1. The maximum atomic E-state index is 10.6. The molecule has 56 valence electrons. The topological polar surface area (TPSA) is 37.3 Å². The van der Waals surface area contributed by atoms with E-state index >= 15 is 0 Å². The molecule has 1 heterocycles. The minimum Gasteiger partial charge on any atom is -0.480 e. The molecular formula is C6H7IO2S. The molecular weight excluding hydrogens is 263 g/mol. The first-order valence-corrected chi connectivity index (χ1v) is 4.81. The van der Waals surface area contributed by atoms with Crippen molar-refractivity contribution in [1.82, 2.24) is 0 Å². The maximum Gasteiger partial charge on any atom is 0.318 e. The number of hydrogen-bond acceptors (Lipinski definition) is 2. The molecule has 10 heavy (non-hydrogen) atoms. The van der Waals surface area contributed by atoms with Crippen LogP contribution in [0.15, 0.2) is 11.5 Å². The number of thioether (sulfide) groups is 1. The summed E-state index contributed by atoms with van der Waals surface area (Å²) in [6.45, 7) is 1.92. The Hall–Kier alpha value is 0.290. The van der Waals surface area contributed by atoms with E-state index in [-0.39, 0.29) is 8.67 Å². The fourth-order valence-corrected chi connectivity index (χ4v) is 2.88. The lowest BCUT2D eigenvalue weighted by Gasteiger charge is -2.18. The van der Waals surface area contributed by atoms with Gasteiger partial charge in [-0.3, -0.25) is 4.79 Å². The van der Waals surface area contributed by atoms with E-state index in [0.717, 1.165) is 0 Å². The minimum atomic E-state index is -0.730. The number of halogens is 1. The molecule has 0 saturated carbocycles. The van der Waals surface area contributed by atoms with Crippen LogP contribution in [0.3, 0.4) is 0 Å². The molecule has 0 aromatic rings. The van der Waals surface area contributed by atoms with Gasteiger partial charge in [0.15, 0.2) is 0 Å². The van der Waals surface area contributed by atoms with E-state index in [1.807, 2.05) is 18.4 Å². The van der Waals surface area contributed by atoms with E-state index in [4.69, 9.17) is 5.11 Å². The van der Waals surface area contributed by atoms with E-state index in [9.17, 15) is 4.79 Å². The second-order valence-electron chi connectivity index (χ2n) is 2.31. The number of alkyl halides is 1. The van der Waals surface area contributed by atoms with E-state index in [0.29, 0.717) is 0 Å². The van der Waals surface area contributed by atoms with Gasteiger partial charge >= 0.3 is 5.97 Å². The standard InChI is InChI=1S/C6H7IO2S/c1-6(7)2-3-10-4(6)5(8)9/h2-4H,1H3,(H,8,9). The predicted octanol–water partition coefficient (Wildman–Crippen LogP) is 1.89. The Bertz CT molecular complexity index is 188. The first-order chi connectivity index (χ1) is 4.54. The van der Waals surface area contributed by atoms with Gasteiger partial charge in [0.2, 0.25) is 0 Å². The van der Waals surface area contributed by atoms with Crippen LogP contribution < -0.4 is 0 Å². The van der Waals surface area contributed by atoms with Crippen LogP contribution in [-0.4, -0.2) is 19.7 Å². The van der Waals surface area contributed by atoms with Gasteiger partial charge in [-0.25, -0.2) is 0 Å². The molecule has 0 amide bonds. The smallest absolute Gasteiger partial charge is 0.318 e. The van der Waals surface area contributed by atoms with Crippen molar-refractivity contribution in [3.63, 3.8) is 0 Å². The van der Waals surface area contributed by atoms with Crippen LogP contribution in [0.2, 0.25) is 0 Å². The molecule has 1 rings (SSSR count). The molecule has 0 fully saturated rings. The van der Waals surface area contributed by atoms with Crippen molar-refractivity contribution in [3.8, 4) is 0 Å². The summed E-state index contributed by atoms with van der Waals surface area (Å²) in [5.41, 5.74) is 0. The number of carboxylic acids is 1. The van der Waals surface area contributed by atoms with Crippen molar-refractivity contribution in [2.24, 2.45) is 0 Å². The lowest BCUT2D eigenvalue weighted by molar-refractivity contribution is -0.136. The monoisotopic (exact) mass is 270 g/mol. The third-order valence-corrected chi connectivity index (χ3v) is 4.01. The fourth-order valence-electron chi connectivity index (χ4n) is 0.771. The molecule has 2 nitrogen and oxygen atoms in total. The van der Waals surface area contributed by atoms with E-state index in [1.165, 1.54) is 11.8 Å². The van der Waals surface area contributed by atoms with Gasteiger partial charge in [-0.05, 0) is 12.3 Å². The Morgan fingerprint density at radius 3 is 2.70 bits per heavy atom. The number of carboxylic acid groups (broad SMARTS) is 1. The molecule has 0 aromatic heterocycles. The average Bonchev–Trinajstić information content (AvgIpc) is 2.08. The average molecular weight is 270 g/mol. The fraction of sp³-hybridized carbons (Fsp3) is 0.500. The first kappa shape index (κ1) is 8.39. The summed E-state index contributed by atoms with van der Waals surface area (Å²) in [4.78, 5) is 10.6. The number of aliphatic carboxylic acids is 1. The second-order valence-corrected chi connectivity index (χ2v) is 5.65. The van der Waals surface area contributed by atoms with Crippen LogP contribution in [0.25, 0.3) is 0 Å². The molecule has 0 bridgehead atoms. The second kappa shape index (κ2) is 2.73. The summed E-state index contributed by atoms with van der Waals surface area (Å²) >= 11 is 3.52. The Balaban J connectivity index is 2.75. The van der Waals surface area contributed by atoms with E-state index in [2.05, 4.69) is 22.6 Å². The van der Waals surface area contributed by atoms with Crippen LogP contribution in [0.4, 0.5) is 0 Å². The van der Waals surface area contributed by atoms with Crippen LogP contribution >= 0.6 is 34.4 Å². The molecule has 0 aliphatic carbocycles. The largest absolute Gasteiger partial charge is 0.480 e. The molecule has 2 atom stereocenters. The van der Waals surface area contributed by atoms with Crippen LogP contribution in [-0.2, 0) is 4.79 Å². The highest BCUT2D eigenvalue weighted by molar-refractivity contribution is 14.1. The van der Waals surface area contributed by atoms with Crippen LogP contribution in [0.1, 0.15) is 6.92 Å². The molecule has 0 saturated heterocycles. The Kier molecular flexibility index (Phi) is 2.29. The first-order valence-electron chi connectivity index (χ1n) is 2.79. The molecule has 4 heteroatoms. The highest BCUT2D eigenvalue weighted by Gasteiger charge is 2.38. The molecule has 0 aromatic carbocycles. The molecule has 1 aliphatic heterocycles. The number of hydrogen-bond donors (Lipinski definition) is 1. The zero-order valence-electron chi connectivity index (χ0n) is 5.37. The van der Waals surface area contributed by atoms with Crippen molar-refractivity contribution in [2.75, 3.05) is 0 Å². The van der Waals surface area contributed by atoms with Gasteiger partial charge < -0.3 is 5.11 Å². The summed E-state index contributed by atoms with van der Waals surface area (Å²) in [6.07, 6.45) is 1.93. The summed E-state index contributed by atoms with van der Waals surface area (Å²) < 4.78 is -0.214. The number of rotatable bonds is 1. The highest BCUT2D eigenvalue weighted by atomic mass is 127. The van der Waals surface area contributed by atoms with Gasteiger partial charge in [-0.15, -0.1) is 11.8 Å². The molecule has 0 spiro atoms. The van der Waals surface area contributed by atoms with Gasteiger partial charge in [0.05, 0.1) is 3.42 Å².